The Morgan fingerprint density at radius 2 is 1.96 bits per heavy atom. The minimum absolute atomic E-state index is 0.192. The fraction of sp³-hybridized carbons (Fsp3) is 0.556. The van der Waals surface area contributed by atoms with Gasteiger partial charge in [-0.15, -0.1) is 0 Å². The number of nitrogens with zero attached hydrogens (tertiary/aromatic N) is 3. The molecule has 0 unspecified atom stereocenters. The highest BCUT2D eigenvalue weighted by molar-refractivity contribution is 5.69. The number of ether oxygens (including phenoxy) is 1. The van der Waals surface area contributed by atoms with Crippen molar-refractivity contribution in [2.75, 3.05) is 13.1 Å². The lowest BCUT2D eigenvalue weighted by Gasteiger charge is -2.35. The molecule has 1 aromatic carbocycles. The summed E-state index contributed by atoms with van der Waals surface area (Å²) in [6, 6.07) is 10.5. The van der Waals surface area contributed by atoms with E-state index in [-0.39, 0.29) is 12.1 Å². The van der Waals surface area contributed by atoms with Crippen LogP contribution in [-0.2, 0) is 11.3 Å². The molecule has 2 atom stereocenters. The first kappa shape index (κ1) is 15.8. The quantitative estimate of drug-likeness (QED) is 0.842. The first-order chi connectivity index (χ1) is 10.9. The molecule has 0 aliphatic carbocycles. The van der Waals surface area contributed by atoms with E-state index in [4.69, 9.17) is 10.00 Å². The average molecular weight is 313 g/mol. The number of likely N-dealkylation sites (tertiary alicyclic amines) is 2. The van der Waals surface area contributed by atoms with E-state index in [0.29, 0.717) is 11.6 Å². The highest BCUT2D eigenvalue weighted by Crippen LogP contribution is 2.32. The third-order valence-corrected chi connectivity index (χ3v) is 4.45. The van der Waals surface area contributed by atoms with E-state index in [1.807, 2.05) is 49.9 Å². The molecule has 0 aromatic heterocycles. The molecule has 5 heteroatoms. The molecule has 2 saturated heterocycles. The van der Waals surface area contributed by atoms with Crippen LogP contribution in [0.5, 0.6) is 0 Å². The maximum Gasteiger partial charge on any atom is 0.410 e. The molecule has 2 fully saturated rings. The highest BCUT2D eigenvalue weighted by atomic mass is 16.6. The molecule has 5 nitrogen and oxygen atoms in total. The number of amides is 1. The molecule has 1 aromatic rings. The topological polar surface area (TPSA) is 56.6 Å². The van der Waals surface area contributed by atoms with Gasteiger partial charge in [-0.25, -0.2) is 4.79 Å². The van der Waals surface area contributed by atoms with Gasteiger partial charge in [-0.3, -0.25) is 4.90 Å². The second kappa shape index (κ2) is 5.86. The van der Waals surface area contributed by atoms with Gasteiger partial charge in [-0.1, -0.05) is 12.1 Å². The fourth-order valence-corrected chi connectivity index (χ4v) is 3.41. The molecular weight excluding hydrogens is 290 g/mol. The van der Waals surface area contributed by atoms with Crippen molar-refractivity contribution < 1.29 is 9.53 Å². The number of hydrogen-bond donors (Lipinski definition) is 0. The highest BCUT2D eigenvalue weighted by Gasteiger charge is 2.46. The third-order valence-electron chi connectivity index (χ3n) is 4.45. The summed E-state index contributed by atoms with van der Waals surface area (Å²) in [4.78, 5) is 16.5. The van der Waals surface area contributed by atoms with Crippen molar-refractivity contribution in [2.24, 2.45) is 0 Å². The van der Waals surface area contributed by atoms with E-state index >= 15 is 0 Å². The Balaban J connectivity index is 1.58. The minimum atomic E-state index is -0.443. The summed E-state index contributed by atoms with van der Waals surface area (Å²) in [7, 11) is 0. The first-order valence-electron chi connectivity index (χ1n) is 8.08. The first-order valence-corrected chi connectivity index (χ1v) is 8.08. The van der Waals surface area contributed by atoms with Crippen molar-refractivity contribution in [3.8, 4) is 6.07 Å². The molecule has 0 radical (unpaired) electrons. The number of nitriles is 1. The fourth-order valence-electron chi connectivity index (χ4n) is 3.41. The predicted octanol–water partition coefficient (Wildman–Crippen LogP) is 2.75. The van der Waals surface area contributed by atoms with Gasteiger partial charge >= 0.3 is 6.09 Å². The Labute approximate surface area is 137 Å². The molecule has 122 valence electrons. The average Bonchev–Trinajstić information content (AvgIpc) is 3.06. The smallest absolute Gasteiger partial charge is 0.410 e. The van der Waals surface area contributed by atoms with Crippen LogP contribution < -0.4 is 0 Å². The van der Waals surface area contributed by atoms with Crippen LogP contribution in [0.3, 0.4) is 0 Å². The van der Waals surface area contributed by atoms with Crippen molar-refractivity contribution in [3.05, 3.63) is 35.4 Å². The van der Waals surface area contributed by atoms with Crippen LogP contribution in [0.25, 0.3) is 0 Å². The van der Waals surface area contributed by atoms with Crippen LogP contribution in [0, 0.1) is 11.3 Å². The van der Waals surface area contributed by atoms with E-state index in [2.05, 4.69) is 11.0 Å². The van der Waals surface area contributed by atoms with Gasteiger partial charge < -0.3 is 9.64 Å². The van der Waals surface area contributed by atoms with Crippen molar-refractivity contribution in [2.45, 2.75) is 51.4 Å². The monoisotopic (exact) mass is 313 g/mol. The summed E-state index contributed by atoms with van der Waals surface area (Å²) < 4.78 is 5.49. The lowest BCUT2D eigenvalue weighted by Crippen LogP contribution is -2.49. The van der Waals surface area contributed by atoms with E-state index in [9.17, 15) is 4.79 Å². The number of benzene rings is 1. The number of piperazine rings is 1. The van der Waals surface area contributed by atoms with Gasteiger partial charge in [0.2, 0.25) is 0 Å². The molecule has 0 N–H and O–H groups in total. The van der Waals surface area contributed by atoms with Crippen molar-refractivity contribution >= 4 is 6.09 Å². The largest absolute Gasteiger partial charge is 0.444 e. The molecule has 0 spiro atoms. The Morgan fingerprint density at radius 1 is 1.26 bits per heavy atom. The van der Waals surface area contributed by atoms with E-state index in [1.165, 1.54) is 5.56 Å². The summed E-state index contributed by atoms with van der Waals surface area (Å²) in [6.45, 7) is 8.21. The minimum Gasteiger partial charge on any atom is -0.444 e. The number of rotatable bonds is 2. The normalized spacial score (nSPS) is 23.8. The van der Waals surface area contributed by atoms with Crippen molar-refractivity contribution in [1.29, 1.82) is 5.26 Å². The van der Waals surface area contributed by atoms with Gasteiger partial charge in [0, 0.05) is 31.7 Å². The predicted molar refractivity (Wildman–Crippen MR) is 86.7 cm³/mol. The molecular formula is C18H23N3O2. The molecule has 2 aliphatic heterocycles. The maximum absolute atomic E-state index is 12.2. The van der Waals surface area contributed by atoms with E-state index in [1.54, 1.807) is 0 Å². The van der Waals surface area contributed by atoms with E-state index < -0.39 is 5.60 Å². The zero-order valence-corrected chi connectivity index (χ0v) is 14.0. The van der Waals surface area contributed by atoms with Gasteiger partial charge in [-0.05, 0) is 44.9 Å². The second-order valence-corrected chi connectivity index (χ2v) is 7.41. The maximum atomic E-state index is 12.2. The summed E-state index contributed by atoms with van der Waals surface area (Å²) in [6.07, 6.45) is 0.832. The van der Waals surface area contributed by atoms with E-state index in [0.717, 1.165) is 26.1 Å². The number of hydrogen-bond acceptors (Lipinski definition) is 4. The molecule has 23 heavy (non-hydrogen) atoms. The Kier molecular flexibility index (Phi) is 4.03. The van der Waals surface area contributed by atoms with Gasteiger partial charge in [0.05, 0.1) is 11.6 Å². The summed E-state index contributed by atoms with van der Waals surface area (Å²) in [5.74, 6) is 0. The molecule has 2 heterocycles. The lowest BCUT2D eigenvalue weighted by atomic mass is 10.1. The zero-order valence-electron chi connectivity index (χ0n) is 14.0. The SMILES string of the molecule is CC(C)(C)OC(=O)N1C[C@@H]2C[C@H]1CN2Cc1ccc(C#N)cc1. The molecule has 2 bridgehead atoms. The summed E-state index contributed by atoms with van der Waals surface area (Å²) in [5.41, 5.74) is 1.45. The zero-order chi connectivity index (χ0) is 16.6. The number of carbonyl (C=O) groups is 1. The Bertz CT molecular complexity index is 627. The Hall–Kier alpha value is -2.06. The van der Waals surface area contributed by atoms with Crippen LogP contribution in [0.1, 0.15) is 38.3 Å². The van der Waals surface area contributed by atoms with Gasteiger partial charge in [0.15, 0.2) is 0 Å². The molecule has 2 aliphatic rings. The molecule has 3 rings (SSSR count). The standard InChI is InChI=1S/C18H23N3O2/c1-18(2,3)23-17(22)21-12-15-8-16(21)11-20(15)10-14-6-4-13(9-19)5-7-14/h4-7,15-16H,8,10-12H2,1-3H3/t15-,16-/m0/s1. The number of carbonyl (C=O) groups excluding carboxylic acids is 1. The van der Waals surface area contributed by atoms with Crippen molar-refractivity contribution in [3.63, 3.8) is 0 Å². The van der Waals surface area contributed by atoms with Crippen LogP contribution in [-0.4, -0.2) is 46.7 Å². The Morgan fingerprint density at radius 3 is 2.48 bits per heavy atom. The number of fused-ring (bicyclic) bond motifs is 2. The summed E-state index contributed by atoms with van der Waals surface area (Å²) >= 11 is 0. The van der Waals surface area contributed by atoms with Gasteiger partial charge in [0.1, 0.15) is 5.60 Å². The lowest BCUT2D eigenvalue weighted by molar-refractivity contribution is 0.0124. The second-order valence-electron chi connectivity index (χ2n) is 7.41. The van der Waals surface area contributed by atoms with Gasteiger partial charge in [0.25, 0.3) is 0 Å². The third kappa shape index (κ3) is 3.48. The van der Waals surface area contributed by atoms with Crippen LogP contribution in [0.2, 0.25) is 0 Å². The van der Waals surface area contributed by atoms with Crippen molar-refractivity contribution in [1.82, 2.24) is 9.80 Å². The molecule has 0 saturated carbocycles. The van der Waals surface area contributed by atoms with Crippen LogP contribution >= 0.6 is 0 Å². The van der Waals surface area contributed by atoms with Crippen LogP contribution in [0.15, 0.2) is 24.3 Å². The summed E-state index contributed by atoms with van der Waals surface area (Å²) in [5, 5.41) is 8.85. The van der Waals surface area contributed by atoms with Crippen LogP contribution in [0.4, 0.5) is 4.79 Å². The van der Waals surface area contributed by atoms with Gasteiger partial charge in [-0.2, -0.15) is 5.26 Å². The molecule has 1 amide bonds.